The predicted octanol–water partition coefficient (Wildman–Crippen LogP) is 3.36. The fourth-order valence-electron chi connectivity index (χ4n) is 5.15. The van der Waals surface area contributed by atoms with Gasteiger partial charge in [0.2, 0.25) is 0 Å². The number of carbonyl (C=O) groups excluding carboxylic acids is 1. The summed E-state index contributed by atoms with van der Waals surface area (Å²) < 4.78 is 5.86. The zero-order valence-electron chi connectivity index (χ0n) is 14.1. The lowest BCUT2D eigenvalue weighted by atomic mass is 9.68. The number of nitrogens with zero attached hydrogens (tertiary/aromatic N) is 2. The molecule has 4 bridgehead atoms. The van der Waals surface area contributed by atoms with Gasteiger partial charge >= 0.3 is 0 Å². The summed E-state index contributed by atoms with van der Waals surface area (Å²) in [5.74, 6) is 3.13. The van der Waals surface area contributed by atoms with Gasteiger partial charge in [0.25, 0.3) is 5.91 Å². The molecule has 2 saturated carbocycles. The van der Waals surface area contributed by atoms with Crippen LogP contribution in [-0.2, 0) is 4.79 Å². The molecule has 1 amide bonds. The van der Waals surface area contributed by atoms with Crippen LogP contribution in [-0.4, -0.2) is 29.5 Å². The van der Waals surface area contributed by atoms with Crippen LogP contribution in [0.4, 0.5) is 0 Å². The van der Waals surface area contributed by atoms with E-state index in [0.717, 1.165) is 18.4 Å². The van der Waals surface area contributed by atoms with Gasteiger partial charge in [0, 0.05) is 12.6 Å². The molecular weight excluding hydrogens is 300 g/mol. The van der Waals surface area contributed by atoms with Crippen LogP contribution in [0.2, 0.25) is 0 Å². The van der Waals surface area contributed by atoms with Crippen LogP contribution in [0.5, 0.6) is 5.75 Å². The number of ether oxygens (including phenoxy) is 1. The Hall–Kier alpha value is -2.02. The molecule has 4 aliphatic rings. The second kappa shape index (κ2) is 6.12. The first-order valence-electron chi connectivity index (χ1n) is 9.09. The van der Waals surface area contributed by atoms with Crippen molar-refractivity contribution in [2.75, 3.05) is 6.54 Å². The molecule has 2 aliphatic heterocycles. The second-order valence-electron chi connectivity index (χ2n) is 7.82. The maximum atomic E-state index is 13.0. The third kappa shape index (κ3) is 2.88. The summed E-state index contributed by atoms with van der Waals surface area (Å²) in [6.07, 6.45) is 5.88. The van der Waals surface area contributed by atoms with Crippen molar-refractivity contribution in [1.82, 2.24) is 4.90 Å². The maximum Gasteiger partial charge on any atom is 0.263 e. The van der Waals surface area contributed by atoms with Gasteiger partial charge in [-0.2, -0.15) is 5.26 Å². The Balaban J connectivity index is 1.45. The van der Waals surface area contributed by atoms with Gasteiger partial charge in [0.15, 0.2) is 6.10 Å². The molecule has 0 spiro atoms. The number of carbonyl (C=O) groups is 1. The zero-order valence-corrected chi connectivity index (χ0v) is 14.1. The number of amides is 1. The monoisotopic (exact) mass is 324 g/mol. The molecule has 5 rings (SSSR count). The van der Waals surface area contributed by atoms with Crippen molar-refractivity contribution in [3.8, 4) is 11.8 Å². The van der Waals surface area contributed by atoms with Gasteiger partial charge in [-0.25, -0.2) is 0 Å². The lowest BCUT2D eigenvalue weighted by Gasteiger charge is -2.39. The normalized spacial score (nSPS) is 32.1. The molecule has 2 saturated heterocycles. The molecular formula is C20H24N2O2. The summed E-state index contributed by atoms with van der Waals surface area (Å²) >= 11 is 0. The fraction of sp³-hybridized carbons (Fsp3) is 0.600. The summed E-state index contributed by atoms with van der Waals surface area (Å²) in [6.45, 7) is 2.76. The Morgan fingerprint density at radius 2 is 1.75 bits per heavy atom. The second-order valence-corrected chi connectivity index (χ2v) is 7.82. The topological polar surface area (TPSA) is 53.3 Å². The van der Waals surface area contributed by atoms with Crippen LogP contribution in [0.25, 0.3) is 0 Å². The minimum Gasteiger partial charge on any atom is -0.481 e. The van der Waals surface area contributed by atoms with Gasteiger partial charge in [0.05, 0.1) is 11.6 Å². The van der Waals surface area contributed by atoms with Crippen LogP contribution >= 0.6 is 0 Å². The van der Waals surface area contributed by atoms with Gasteiger partial charge < -0.3 is 9.64 Å². The Bertz CT molecular complexity index is 649. The van der Waals surface area contributed by atoms with Gasteiger partial charge in [0.1, 0.15) is 5.75 Å². The molecule has 1 aromatic carbocycles. The van der Waals surface area contributed by atoms with Crippen LogP contribution in [0, 0.1) is 29.1 Å². The molecule has 1 aromatic rings. The molecule has 3 atom stereocenters. The highest BCUT2D eigenvalue weighted by atomic mass is 16.5. The van der Waals surface area contributed by atoms with E-state index in [1.54, 1.807) is 24.3 Å². The van der Waals surface area contributed by atoms with E-state index in [4.69, 9.17) is 10.00 Å². The summed E-state index contributed by atoms with van der Waals surface area (Å²) in [6, 6.07) is 9.48. The first kappa shape index (κ1) is 15.5. The van der Waals surface area contributed by atoms with Gasteiger partial charge in [-0.1, -0.05) is 0 Å². The highest BCUT2D eigenvalue weighted by molar-refractivity contribution is 5.81. The lowest BCUT2D eigenvalue weighted by Crippen LogP contribution is -2.47. The van der Waals surface area contributed by atoms with E-state index in [2.05, 4.69) is 11.0 Å². The maximum absolute atomic E-state index is 13.0. The van der Waals surface area contributed by atoms with Gasteiger partial charge in [-0.15, -0.1) is 0 Å². The molecule has 0 radical (unpaired) electrons. The SMILES string of the molecule is CC(Oc1ccc(C#N)cc1)C(=O)N1CC2CC3CC(C2)CC1C3. The van der Waals surface area contributed by atoms with E-state index in [1.165, 1.54) is 32.1 Å². The number of rotatable bonds is 3. The zero-order chi connectivity index (χ0) is 16.7. The van der Waals surface area contributed by atoms with Crippen LogP contribution in [0.15, 0.2) is 24.3 Å². The van der Waals surface area contributed by atoms with Crippen LogP contribution < -0.4 is 4.74 Å². The number of fused-ring (bicyclic) bond motifs is 1. The average Bonchev–Trinajstić information content (AvgIpc) is 2.78. The molecule has 4 heteroatoms. The number of benzene rings is 1. The molecule has 2 aliphatic carbocycles. The third-order valence-electron chi connectivity index (χ3n) is 6.03. The molecule has 4 nitrogen and oxygen atoms in total. The van der Waals surface area contributed by atoms with Crippen molar-refractivity contribution in [3.63, 3.8) is 0 Å². The molecule has 0 aromatic heterocycles. The number of hydrogen-bond donors (Lipinski definition) is 0. The van der Waals surface area contributed by atoms with Crippen molar-refractivity contribution in [3.05, 3.63) is 29.8 Å². The van der Waals surface area contributed by atoms with Crippen molar-refractivity contribution in [2.24, 2.45) is 17.8 Å². The van der Waals surface area contributed by atoms with Crippen molar-refractivity contribution in [1.29, 1.82) is 5.26 Å². The Labute approximate surface area is 143 Å². The van der Waals surface area contributed by atoms with E-state index in [-0.39, 0.29) is 5.91 Å². The standard InChI is InChI=1S/C20H24N2O2/c1-13(24-19-4-2-14(11-21)3-5-19)20(23)22-12-17-7-15-6-16(8-17)10-18(22)9-15/h2-5,13,15-18H,6-10,12H2,1H3. The predicted molar refractivity (Wildman–Crippen MR) is 90.3 cm³/mol. The molecule has 2 heterocycles. The highest BCUT2D eigenvalue weighted by Crippen LogP contribution is 2.47. The Kier molecular flexibility index (Phi) is 3.96. The van der Waals surface area contributed by atoms with E-state index in [0.29, 0.717) is 23.3 Å². The molecule has 24 heavy (non-hydrogen) atoms. The average molecular weight is 324 g/mol. The van der Waals surface area contributed by atoms with Gasteiger partial charge in [-0.05, 0) is 81.0 Å². The summed E-state index contributed by atoms with van der Waals surface area (Å²) in [5, 5.41) is 8.86. The number of nitriles is 1. The van der Waals surface area contributed by atoms with Crippen LogP contribution in [0.1, 0.15) is 44.6 Å². The molecule has 3 unspecified atom stereocenters. The van der Waals surface area contributed by atoms with Gasteiger partial charge in [-0.3, -0.25) is 4.79 Å². The van der Waals surface area contributed by atoms with E-state index < -0.39 is 6.10 Å². The van der Waals surface area contributed by atoms with E-state index in [1.807, 2.05) is 6.92 Å². The van der Waals surface area contributed by atoms with E-state index in [9.17, 15) is 4.79 Å². The molecule has 126 valence electrons. The minimum absolute atomic E-state index is 0.123. The summed E-state index contributed by atoms with van der Waals surface area (Å²) in [7, 11) is 0. The first-order chi connectivity index (χ1) is 11.6. The van der Waals surface area contributed by atoms with Crippen molar-refractivity contribution < 1.29 is 9.53 Å². The van der Waals surface area contributed by atoms with Crippen molar-refractivity contribution in [2.45, 2.75) is 51.2 Å². The third-order valence-corrected chi connectivity index (χ3v) is 6.03. The smallest absolute Gasteiger partial charge is 0.263 e. The Morgan fingerprint density at radius 3 is 2.38 bits per heavy atom. The van der Waals surface area contributed by atoms with Crippen LogP contribution in [0.3, 0.4) is 0 Å². The lowest BCUT2D eigenvalue weighted by molar-refractivity contribution is -0.141. The van der Waals surface area contributed by atoms with E-state index >= 15 is 0 Å². The Morgan fingerprint density at radius 1 is 1.12 bits per heavy atom. The number of hydrogen-bond acceptors (Lipinski definition) is 3. The first-order valence-corrected chi connectivity index (χ1v) is 9.09. The quantitative estimate of drug-likeness (QED) is 0.856. The highest BCUT2D eigenvalue weighted by Gasteiger charge is 2.44. The molecule has 4 fully saturated rings. The van der Waals surface area contributed by atoms with Crippen molar-refractivity contribution >= 4 is 5.91 Å². The summed E-state index contributed by atoms with van der Waals surface area (Å²) in [5.41, 5.74) is 0.599. The minimum atomic E-state index is -0.478. The fourth-order valence-corrected chi connectivity index (χ4v) is 5.15. The summed E-state index contributed by atoms with van der Waals surface area (Å²) in [4.78, 5) is 15.1. The largest absolute Gasteiger partial charge is 0.481 e. The molecule has 0 N–H and O–H groups in total.